The van der Waals surface area contributed by atoms with Crippen LogP contribution < -0.4 is 0 Å². The van der Waals surface area contributed by atoms with Gasteiger partial charge in [-0.3, -0.25) is 0 Å². The van der Waals surface area contributed by atoms with Crippen LogP contribution in [0, 0.1) is 0 Å². The Kier molecular flexibility index (Phi) is 4.17. The number of rotatable bonds is 2. The molecule has 0 atom stereocenters. The van der Waals surface area contributed by atoms with Crippen LogP contribution in [0.4, 0.5) is 0 Å². The maximum Gasteiger partial charge on any atom is 0.248 e. The lowest BCUT2D eigenvalue weighted by atomic mass is 9.87. The minimum absolute atomic E-state index is 0.110. The van der Waals surface area contributed by atoms with Gasteiger partial charge in [0.25, 0.3) is 0 Å². The van der Waals surface area contributed by atoms with Crippen LogP contribution in [0.5, 0.6) is 0 Å². The molecule has 0 fully saturated rings. The quantitative estimate of drug-likeness (QED) is 0.570. The van der Waals surface area contributed by atoms with Crippen LogP contribution in [-0.4, -0.2) is 10.2 Å². The molecule has 0 aliphatic heterocycles. The summed E-state index contributed by atoms with van der Waals surface area (Å²) in [6, 6.07) is 13.4. The normalized spacial score (nSPS) is 11.7. The minimum atomic E-state index is 0.110. The smallest absolute Gasteiger partial charge is 0.248 e. The highest BCUT2D eigenvalue weighted by Gasteiger charge is 2.15. The predicted octanol–water partition coefficient (Wildman–Crippen LogP) is 6.01. The van der Waals surface area contributed by atoms with E-state index in [0.29, 0.717) is 21.8 Å². The standard InChI is InChI=1S/C18H16Cl2N2O/c1-18(2,3)13-7-4-11(5-8-13)16-21-22-17(23-16)12-6-9-14(19)15(20)10-12/h4-10H,1-3H3. The summed E-state index contributed by atoms with van der Waals surface area (Å²) in [5.41, 5.74) is 2.99. The van der Waals surface area contributed by atoms with Gasteiger partial charge in [0, 0.05) is 11.1 Å². The third-order valence-corrected chi connectivity index (χ3v) is 4.33. The predicted molar refractivity (Wildman–Crippen MR) is 93.9 cm³/mol. The molecule has 0 spiro atoms. The topological polar surface area (TPSA) is 38.9 Å². The Morgan fingerprint density at radius 1 is 0.783 bits per heavy atom. The van der Waals surface area contributed by atoms with E-state index in [2.05, 4.69) is 43.1 Å². The highest BCUT2D eigenvalue weighted by Crippen LogP contribution is 2.30. The van der Waals surface area contributed by atoms with Crippen molar-refractivity contribution in [3.63, 3.8) is 0 Å². The SMILES string of the molecule is CC(C)(C)c1ccc(-c2nnc(-c3ccc(Cl)c(Cl)c3)o2)cc1. The highest BCUT2D eigenvalue weighted by atomic mass is 35.5. The van der Waals surface area contributed by atoms with Crippen LogP contribution in [0.3, 0.4) is 0 Å². The summed E-state index contributed by atoms with van der Waals surface area (Å²) in [7, 11) is 0. The van der Waals surface area contributed by atoms with Crippen molar-refractivity contribution in [3.05, 3.63) is 58.1 Å². The fourth-order valence-electron chi connectivity index (χ4n) is 2.20. The van der Waals surface area contributed by atoms with Crippen molar-refractivity contribution < 1.29 is 4.42 Å². The molecular formula is C18H16Cl2N2O. The second-order valence-electron chi connectivity index (χ2n) is 6.37. The molecule has 0 N–H and O–H groups in total. The lowest BCUT2D eigenvalue weighted by Crippen LogP contribution is -2.10. The molecule has 2 aromatic carbocycles. The van der Waals surface area contributed by atoms with Crippen LogP contribution in [0.25, 0.3) is 22.9 Å². The zero-order chi connectivity index (χ0) is 16.6. The molecule has 0 amide bonds. The lowest BCUT2D eigenvalue weighted by molar-refractivity contribution is 0.582. The van der Waals surface area contributed by atoms with Crippen molar-refractivity contribution in [3.8, 4) is 22.9 Å². The summed E-state index contributed by atoms with van der Waals surface area (Å²) in [5, 5.41) is 9.15. The zero-order valence-electron chi connectivity index (χ0n) is 13.1. The summed E-state index contributed by atoms with van der Waals surface area (Å²) in [6.07, 6.45) is 0. The van der Waals surface area contributed by atoms with E-state index in [1.54, 1.807) is 18.2 Å². The van der Waals surface area contributed by atoms with Gasteiger partial charge in [0.2, 0.25) is 11.8 Å². The van der Waals surface area contributed by atoms with E-state index in [1.165, 1.54) is 5.56 Å². The highest BCUT2D eigenvalue weighted by molar-refractivity contribution is 6.42. The first-order chi connectivity index (χ1) is 10.8. The molecule has 3 nitrogen and oxygen atoms in total. The van der Waals surface area contributed by atoms with Crippen molar-refractivity contribution in [1.29, 1.82) is 0 Å². The molecule has 0 aliphatic rings. The second-order valence-corrected chi connectivity index (χ2v) is 7.18. The van der Waals surface area contributed by atoms with Crippen molar-refractivity contribution in [1.82, 2.24) is 10.2 Å². The first-order valence-electron chi connectivity index (χ1n) is 7.24. The third kappa shape index (κ3) is 3.41. The van der Waals surface area contributed by atoms with Crippen LogP contribution in [0.15, 0.2) is 46.9 Å². The van der Waals surface area contributed by atoms with Crippen molar-refractivity contribution in [2.45, 2.75) is 26.2 Å². The van der Waals surface area contributed by atoms with Gasteiger partial charge < -0.3 is 4.42 Å². The van der Waals surface area contributed by atoms with E-state index in [4.69, 9.17) is 27.6 Å². The van der Waals surface area contributed by atoms with Gasteiger partial charge in [0.15, 0.2) is 0 Å². The lowest BCUT2D eigenvalue weighted by Gasteiger charge is -2.18. The number of aromatic nitrogens is 2. The molecule has 0 saturated heterocycles. The summed E-state index contributed by atoms with van der Waals surface area (Å²) in [5.74, 6) is 0.894. The number of benzene rings is 2. The molecule has 1 aromatic heterocycles. The Morgan fingerprint density at radius 3 is 1.91 bits per heavy atom. The van der Waals surface area contributed by atoms with E-state index in [-0.39, 0.29) is 5.41 Å². The van der Waals surface area contributed by atoms with Gasteiger partial charge in [-0.2, -0.15) is 0 Å². The second kappa shape index (κ2) is 5.99. The van der Waals surface area contributed by atoms with Gasteiger partial charge in [-0.25, -0.2) is 0 Å². The molecule has 0 bridgehead atoms. The summed E-state index contributed by atoms with van der Waals surface area (Å²) in [4.78, 5) is 0. The maximum absolute atomic E-state index is 6.03. The summed E-state index contributed by atoms with van der Waals surface area (Å²) < 4.78 is 5.75. The van der Waals surface area contributed by atoms with Crippen LogP contribution in [0.2, 0.25) is 10.0 Å². The summed E-state index contributed by atoms with van der Waals surface area (Å²) >= 11 is 11.9. The van der Waals surface area contributed by atoms with E-state index >= 15 is 0 Å². The molecule has 0 saturated carbocycles. The molecular weight excluding hydrogens is 331 g/mol. The largest absolute Gasteiger partial charge is 0.416 e. The Morgan fingerprint density at radius 2 is 1.35 bits per heavy atom. The minimum Gasteiger partial charge on any atom is -0.416 e. The Balaban J connectivity index is 1.91. The number of hydrogen-bond acceptors (Lipinski definition) is 3. The molecule has 23 heavy (non-hydrogen) atoms. The number of nitrogens with zero attached hydrogens (tertiary/aromatic N) is 2. The monoisotopic (exact) mass is 346 g/mol. The first-order valence-corrected chi connectivity index (χ1v) is 8.00. The van der Waals surface area contributed by atoms with E-state index < -0.39 is 0 Å². The average molecular weight is 347 g/mol. The Bertz CT molecular complexity index is 833. The molecule has 1 heterocycles. The number of hydrogen-bond donors (Lipinski definition) is 0. The van der Waals surface area contributed by atoms with E-state index in [0.717, 1.165) is 11.1 Å². The van der Waals surface area contributed by atoms with E-state index in [1.807, 2.05) is 12.1 Å². The molecule has 3 aromatic rings. The average Bonchev–Trinajstić information content (AvgIpc) is 2.99. The third-order valence-electron chi connectivity index (χ3n) is 3.59. The molecule has 0 unspecified atom stereocenters. The molecule has 3 rings (SSSR count). The fourth-order valence-corrected chi connectivity index (χ4v) is 2.50. The first kappa shape index (κ1) is 16.0. The molecule has 118 valence electrons. The molecule has 0 aliphatic carbocycles. The Hall–Kier alpha value is -1.84. The van der Waals surface area contributed by atoms with Crippen LogP contribution in [-0.2, 0) is 5.41 Å². The van der Waals surface area contributed by atoms with Gasteiger partial charge in [-0.05, 0) is 41.3 Å². The van der Waals surface area contributed by atoms with E-state index in [9.17, 15) is 0 Å². The van der Waals surface area contributed by atoms with Gasteiger partial charge in [0.1, 0.15) is 0 Å². The van der Waals surface area contributed by atoms with Crippen LogP contribution in [0.1, 0.15) is 26.3 Å². The number of halogens is 2. The maximum atomic E-state index is 6.03. The Labute approximate surface area is 145 Å². The van der Waals surface area contributed by atoms with Crippen molar-refractivity contribution >= 4 is 23.2 Å². The van der Waals surface area contributed by atoms with Crippen molar-refractivity contribution in [2.24, 2.45) is 0 Å². The zero-order valence-corrected chi connectivity index (χ0v) is 14.6. The molecule has 0 radical (unpaired) electrons. The van der Waals surface area contributed by atoms with Gasteiger partial charge in [0.05, 0.1) is 10.0 Å². The van der Waals surface area contributed by atoms with Gasteiger partial charge in [-0.15, -0.1) is 10.2 Å². The van der Waals surface area contributed by atoms with Crippen molar-refractivity contribution in [2.75, 3.05) is 0 Å². The van der Waals surface area contributed by atoms with Gasteiger partial charge in [-0.1, -0.05) is 56.1 Å². The van der Waals surface area contributed by atoms with Crippen LogP contribution >= 0.6 is 23.2 Å². The fraction of sp³-hybridized carbons (Fsp3) is 0.222. The molecule has 5 heteroatoms. The summed E-state index contributed by atoms with van der Waals surface area (Å²) in [6.45, 7) is 6.53. The van der Waals surface area contributed by atoms with Gasteiger partial charge >= 0.3 is 0 Å².